The Kier molecular flexibility index (Phi) is 9.07. The van der Waals surface area contributed by atoms with Gasteiger partial charge in [-0.1, -0.05) is 0 Å². The predicted octanol–water partition coefficient (Wildman–Crippen LogP) is 0.593. The van der Waals surface area contributed by atoms with E-state index in [2.05, 4.69) is 59.6 Å². The first-order valence-electron chi connectivity index (χ1n) is 8.17. The molecule has 0 saturated carbocycles. The van der Waals surface area contributed by atoms with Crippen LogP contribution in [-0.4, -0.2) is 112 Å². The van der Waals surface area contributed by atoms with Gasteiger partial charge in [0.1, 0.15) is 0 Å². The zero-order chi connectivity index (χ0) is 15.1. The van der Waals surface area contributed by atoms with Gasteiger partial charge in [-0.3, -0.25) is 0 Å². The summed E-state index contributed by atoms with van der Waals surface area (Å²) < 4.78 is 4.30. The molecule has 2 atom stereocenters. The van der Waals surface area contributed by atoms with Gasteiger partial charge in [0, 0.05) is 0 Å². The third-order valence-electron chi connectivity index (χ3n) is 4.95. The molecule has 0 aliphatic carbocycles. The Bertz CT molecular complexity index is 226. The first-order chi connectivity index (χ1) is 9.40. The van der Waals surface area contributed by atoms with Crippen molar-refractivity contribution in [2.75, 3.05) is 58.7 Å². The maximum atomic E-state index is 2.84. The standard InChI is InChI=1S/C15H34N4.In.H/c1-14(17(3)4)8-10-16-11-13-19(7)12-9-15(2)18(5)6;;/h14-15H,7-13H2,1-6H3;;/q-1;+1;. The van der Waals surface area contributed by atoms with Gasteiger partial charge in [-0.15, -0.1) is 0 Å². The van der Waals surface area contributed by atoms with Gasteiger partial charge < -0.3 is 0 Å². The van der Waals surface area contributed by atoms with E-state index in [9.17, 15) is 0 Å². The third-order valence-corrected chi connectivity index (χ3v) is 10.9. The van der Waals surface area contributed by atoms with E-state index in [1.807, 2.05) is 0 Å². The minimum absolute atomic E-state index is 0.683. The van der Waals surface area contributed by atoms with E-state index in [4.69, 9.17) is 0 Å². The quantitative estimate of drug-likeness (QED) is 0.606. The van der Waals surface area contributed by atoms with Crippen LogP contribution in [0.15, 0.2) is 0 Å². The third kappa shape index (κ3) is 7.12. The number of hydrogen-bond acceptors (Lipinski definition) is 4. The molecular formula is C15H35InN4. The Morgan fingerprint density at radius 2 is 1.45 bits per heavy atom. The van der Waals surface area contributed by atoms with Crippen LogP contribution >= 0.6 is 0 Å². The van der Waals surface area contributed by atoms with Crippen LogP contribution in [0.5, 0.6) is 0 Å². The molecule has 0 amide bonds. The van der Waals surface area contributed by atoms with E-state index in [0.717, 1.165) is 6.04 Å². The molecule has 0 bridgehead atoms. The summed E-state index contributed by atoms with van der Waals surface area (Å²) in [5.41, 5.74) is 0. The van der Waals surface area contributed by atoms with Crippen molar-refractivity contribution in [3.63, 3.8) is 0 Å². The van der Waals surface area contributed by atoms with Crippen LogP contribution in [0.3, 0.4) is 0 Å². The molecule has 0 aromatic heterocycles. The summed E-state index contributed by atoms with van der Waals surface area (Å²) in [5, 5.41) is 0. The van der Waals surface area contributed by atoms with E-state index in [0.29, 0.717) is 6.04 Å². The van der Waals surface area contributed by atoms with Crippen LogP contribution in [0.4, 0.5) is 0 Å². The molecule has 20 heavy (non-hydrogen) atoms. The Morgan fingerprint density at radius 3 is 1.90 bits per heavy atom. The fourth-order valence-corrected chi connectivity index (χ4v) is 7.58. The van der Waals surface area contributed by atoms with Crippen LogP contribution in [0.2, 0.25) is 0 Å². The van der Waals surface area contributed by atoms with Crippen molar-refractivity contribution in [3.8, 4) is 0 Å². The fourth-order valence-electron chi connectivity index (χ4n) is 2.49. The first kappa shape index (κ1) is 18.8. The van der Waals surface area contributed by atoms with E-state index < -0.39 is 23.2 Å². The normalized spacial score (nSPS) is 21.2. The molecule has 0 aromatic carbocycles. The second-order valence-electron chi connectivity index (χ2n) is 6.89. The van der Waals surface area contributed by atoms with E-state index in [-0.39, 0.29) is 0 Å². The van der Waals surface area contributed by atoms with Crippen molar-refractivity contribution < 1.29 is 0 Å². The number of rotatable bonds is 8. The van der Waals surface area contributed by atoms with E-state index >= 15 is 0 Å². The van der Waals surface area contributed by atoms with Gasteiger partial charge in [0.25, 0.3) is 0 Å². The molecule has 1 aliphatic rings. The van der Waals surface area contributed by atoms with Gasteiger partial charge >= 0.3 is 138 Å². The average molecular weight is 386 g/mol. The van der Waals surface area contributed by atoms with Crippen LogP contribution in [-0.2, 0) is 0 Å². The van der Waals surface area contributed by atoms with Crippen LogP contribution in [0.1, 0.15) is 26.7 Å². The molecule has 1 saturated heterocycles. The maximum absolute atomic E-state index is 2.84. The zero-order valence-corrected chi connectivity index (χ0v) is 18.6. The Labute approximate surface area is 138 Å². The summed E-state index contributed by atoms with van der Waals surface area (Å²) in [7, 11) is 8.76. The Morgan fingerprint density at radius 1 is 0.900 bits per heavy atom. The molecule has 0 spiro atoms. The summed E-state index contributed by atoms with van der Waals surface area (Å²) >= 11 is -0.683. The van der Waals surface area contributed by atoms with Crippen LogP contribution < -0.4 is 0 Å². The monoisotopic (exact) mass is 386 g/mol. The van der Waals surface area contributed by atoms with Crippen molar-refractivity contribution in [2.45, 2.75) is 38.8 Å². The van der Waals surface area contributed by atoms with Crippen molar-refractivity contribution in [1.29, 1.82) is 0 Å². The molecule has 5 heteroatoms. The Hall–Kier alpha value is 0.710. The molecule has 1 aliphatic heterocycles. The SMILES string of the molecule is CC(CCN1CC[N](CCC(C)N(C)C)[InH][CH2]1)N(C)C. The molecule has 1 fully saturated rings. The molecule has 0 N–H and O–H groups in total. The summed E-state index contributed by atoms with van der Waals surface area (Å²) in [6.45, 7) is 9.96. The predicted molar refractivity (Wildman–Crippen MR) is 90.7 cm³/mol. The van der Waals surface area contributed by atoms with Gasteiger partial charge in [0.05, 0.1) is 0 Å². The van der Waals surface area contributed by atoms with Crippen molar-refractivity contribution in [1.82, 2.24) is 17.6 Å². The summed E-state index contributed by atoms with van der Waals surface area (Å²) in [5.74, 6) is 0. The first-order valence-corrected chi connectivity index (χ1v) is 12.8. The second-order valence-corrected chi connectivity index (χ2v) is 12.0. The molecule has 2 unspecified atom stereocenters. The molecule has 0 radical (unpaired) electrons. The van der Waals surface area contributed by atoms with Crippen LogP contribution in [0, 0.1) is 0 Å². The molecule has 4 nitrogen and oxygen atoms in total. The van der Waals surface area contributed by atoms with E-state index in [1.54, 1.807) is 0 Å². The van der Waals surface area contributed by atoms with Gasteiger partial charge in [-0.2, -0.15) is 0 Å². The second kappa shape index (κ2) is 9.67. The molecular weight excluding hydrogens is 351 g/mol. The molecule has 1 rings (SSSR count). The average Bonchev–Trinajstić information content (AvgIpc) is 2.42. The fraction of sp³-hybridized carbons (Fsp3) is 1.00. The topological polar surface area (TPSA) is 13.0 Å². The van der Waals surface area contributed by atoms with Gasteiger partial charge in [0.2, 0.25) is 0 Å². The summed E-state index contributed by atoms with van der Waals surface area (Å²) in [6, 6.07) is 1.43. The molecule has 118 valence electrons. The van der Waals surface area contributed by atoms with Gasteiger partial charge in [0.15, 0.2) is 0 Å². The van der Waals surface area contributed by atoms with Crippen molar-refractivity contribution in [3.05, 3.63) is 0 Å². The number of nitrogens with zero attached hydrogens (tertiary/aromatic N) is 4. The van der Waals surface area contributed by atoms with Crippen LogP contribution in [0.25, 0.3) is 0 Å². The van der Waals surface area contributed by atoms with Crippen molar-refractivity contribution >= 4 is 23.2 Å². The minimum atomic E-state index is -0.683. The van der Waals surface area contributed by atoms with E-state index in [1.165, 1.54) is 43.3 Å². The molecule has 1 heterocycles. The summed E-state index contributed by atoms with van der Waals surface area (Å²) in [6.07, 6.45) is 2.65. The van der Waals surface area contributed by atoms with Gasteiger partial charge in [-0.05, 0) is 0 Å². The number of hydrogen-bond donors (Lipinski definition) is 0. The molecule has 0 aromatic rings. The zero-order valence-electron chi connectivity index (χ0n) is 14.6. The Balaban J connectivity index is 2.14. The summed E-state index contributed by atoms with van der Waals surface area (Å²) in [4.78, 5) is 7.40. The van der Waals surface area contributed by atoms with Crippen molar-refractivity contribution in [2.24, 2.45) is 0 Å². The van der Waals surface area contributed by atoms with Gasteiger partial charge in [-0.25, -0.2) is 0 Å².